The molecule has 0 radical (unpaired) electrons. The summed E-state index contributed by atoms with van der Waals surface area (Å²) in [5.41, 5.74) is 2.22. The number of piperidine rings is 1. The molecular formula is C31H39N3O4S. The van der Waals surface area contributed by atoms with Crippen molar-refractivity contribution in [2.45, 2.75) is 55.5 Å². The lowest BCUT2D eigenvalue weighted by molar-refractivity contribution is -0.130. The average molecular weight is 550 g/mol. The van der Waals surface area contributed by atoms with Gasteiger partial charge in [-0.1, -0.05) is 42.5 Å². The van der Waals surface area contributed by atoms with Gasteiger partial charge >= 0.3 is 0 Å². The van der Waals surface area contributed by atoms with E-state index in [0.29, 0.717) is 29.6 Å². The van der Waals surface area contributed by atoms with Crippen molar-refractivity contribution in [3.8, 4) is 0 Å². The van der Waals surface area contributed by atoms with Crippen LogP contribution in [-0.4, -0.2) is 74.9 Å². The quantitative estimate of drug-likeness (QED) is 0.544. The lowest BCUT2D eigenvalue weighted by atomic mass is 9.75. The summed E-state index contributed by atoms with van der Waals surface area (Å²) in [5.74, 6) is 1.44. The van der Waals surface area contributed by atoms with E-state index < -0.39 is 9.84 Å². The van der Waals surface area contributed by atoms with Gasteiger partial charge in [-0.15, -0.1) is 0 Å². The van der Waals surface area contributed by atoms with Gasteiger partial charge in [0.25, 0.3) is 0 Å². The number of carbonyl (C=O) groups is 2. The maximum atomic E-state index is 13.7. The molecule has 4 fully saturated rings. The largest absolute Gasteiger partial charge is 0.338 e. The first kappa shape index (κ1) is 26.7. The van der Waals surface area contributed by atoms with Crippen LogP contribution < -0.4 is 5.32 Å². The Morgan fingerprint density at radius 3 is 2.36 bits per heavy atom. The lowest BCUT2D eigenvalue weighted by Crippen LogP contribution is -2.53. The Labute approximate surface area is 231 Å². The van der Waals surface area contributed by atoms with Crippen LogP contribution in [0, 0.1) is 17.3 Å². The van der Waals surface area contributed by atoms with Gasteiger partial charge in [-0.3, -0.25) is 14.5 Å². The number of benzene rings is 2. The normalized spacial score (nSPS) is 26.3. The van der Waals surface area contributed by atoms with Crippen LogP contribution in [0.3, 0.4) is 0 Å². The van der Waals surface area contributed by atoms with Gasteiger partial charge in [0, 0.05) is 56.6 Å². The standard InChI is InChI=1S/C31H39N3O4S/c1-39(37,38)25-11-7-22(8-12-25)20-34-21-31(17-28(34)35)13-15-33(16-14-31)29(30(36)24-9-10-24)27-19-32-18-26(27)23-5-3-2-4-6-23/h2-8,11-12,24,26-27,29,32H,9-10,13-21H2,1H3/t26-,27-,29?/m1/s1. The predicted molar refractivity (Wildman–Crippen MR) is 150 cm³/mol. The van der Waals surface area contributed by atoms with Crippen LogP contribution in [0.15, 0.2) is 59.5 Å². The molecule has 6 rings (SSSR count). The van der Waals surface area contributed by atoms with E-state index in [9.17, 15) is 18.0 Å². The van der Waals surface area contributed by atoms with Gasteiger partial charge in [-0.05, 0) is 67.4 Å². The van der Waals surface area contributed by atoms with Gasteiger partial charge in [0.15, 0.2) is 15.6 Å². The molecule has 1 amide bonds. The minimum Gasteiger partial charge on any atom is -0.338 e. The van der Waals surface area contributed by atoms with Crippen LogP contribution in [-0.2, 0) is 26.0 Å². The molecule has 208 valence electrons. The van der Waals surface area contributed by atoms with Crippen molar-refractivity contribution in [2.24, 2.45) is 17.3 Å². The van der Waals surface area contributed by atoms with Crippen molar-refractivity contribution in [2.75, 3.05) is 39.0 Å². The van der Waals surface area contributed by atoms with Crippen LogP contribution in [0.25, 0.3) is 0 Å². The van der Waals surface area contributed by atoms with E-state index in [0.717, 1.165) is 64.0 Å². The summed E-state index contributed by atoms with van der Waals surface area (Å²) < 4.78 is 23.6. The fourth-order valence-electron chi connectivity index (χ4n) is 7.17. The number of sulfone groups is 1. The van der Waals surface area contributed by atoms with E-state index in [2.05, 4.69) is 40.5 Å². The van der Waals surface area contributed by atoms with Gasteiger partial charge in [0.1, 0.15) is 0 Å². The molecule has 2 aromatic carbocycles. The van der Waals surface area contributed by atoms with Crippen LogP contribution in [0.2, 0.25) is 0 Å². The Balaban J connectivity index is 1.13. The number of nitrogens with zero attached hydrogens (tertiary/aromatic N) is 2. The van der Waals surface area contributed by atoms with Crippen molar-refractivity contribution in [1.29, 1.82) is 0 Å². The minimum atomic E-state index is -3.24. The first-order chi connectivity index (χ1) is 18.7. The molecule has 8 heteroatoms. The van der Waals surface area contributed by atoms with Crippen molar-refractivity contribution >= 4 is 21.5 Å². The number of hydrogen-bond donors (Lipinski definition) is 1. The Hall–Kier alpha value is -2.55. The molecule has 39 heavy (non-hydrogen) atoms. The summed E-state index contributed by atoms with van der Waals surface area (Å²) >= 11 is 0. The second kappa shape index (κ2) is 10.5. The predicted octanol–water partition coefficient (Wildman–Crippen LogP) is 3.26. The molecule has 1 aliphatic carbocycles. The molecular weight excluding hydrogens is 510 g/mol. The minimum absolute atomic E-state index is 0.0415. The first-order valence-electron chi connectivity index (χ1n) is 14.3. The highest BCUT2D eigenvalue weighted by molar-refractivity contribution is 7.90. The highest BCUT2D eigenvalue weighted by atomic mass is 32.2. The Kier molecular flexibility index (Phi) is 7.14. The molecule has 0 bridgehead atoms. The summed E-state index contributed by atoms with van der Waals surface area (Å²) in [6, 6.07) is 17.4. The Bertz CT molecular complexity index is 1320. The average Bonchev–Trinajstić information content (AvgIpc) is 3.60. The van der Waals surface area contributed by atoms with E-state index in [1.807, 2.05) is 17.0 Å². The molecule has 3 aliphatic heterocycles. The smallest absolute Gasteiger partial charge is 0.223 e. The summed E-state index contributed by atoms with van der Waals surface area (Å²) in [6.45, 7) is 4.72. The molecule has 1 saturated carbocycles. The highest BCUT2D eigenvalue weighted by Crippen LogP contribution is 2.45. The summed E-state index contributed by atoms with van der Waals surface area (Å²) in [4.78, 5) is 31.5. The second-order valence-corrected chi connectivity index (χ2v) is 14.4. The first-order valence-corrected chi connectivity index (χ1v) is 16.2. The number of likely N-dealkylation sites (tertiary alicyclic amines) is 2. The van der Waals surface area contributed by atoms with Gasteiger partial charge in [-0.2, -0.15) is 0 Å². The van der Waals surface area contributed by atoms with Crippen LogP contribution in [0.1, 0.15) is 49.1 Å². The Morgan fingerprint density at radius 2 is 1.72 bits per heavy atom. The van der Waals surface area contributed by atoms with Gasteiger partial charge in [0.05, 0.1) is 10.9 Å². The number of carbonyl (C=O) groups excluding carboxylic acids is 2. The fraction of sp³-hybridized carbons (Fsp3) is 0.548. The molecule has 4 aliphatic rings. The molecule has 1 spiro atoms. The van der Waals surface area contributed by atoms with E-state index in [1.165, 1.54) is 11.8 Å². The molecule has 7 nitrogen and oxygen atoms in total. The van der Waals surface area contributed by atoms with Gasteiger partial charge in [0.2, 0.25) is 5.91 Å². The SMILES string of the molecule is CS(=O)(=O)c1ccc(CN2CC3(CCN(C(C(=O)C4CC4)[C@@H]4CNC[C@@H]4c4ccccc4)CC3)CC2=O)cc1. The second-order valence-electron chi connectivity index (χ2n) is 12.3. The molecule has 1 unspecified atom stereocenters. The number of hydrogen-bond acceptors (Lipinski definition) is 6. The zero-order chi connectivity index (χ0) is 27.2. The van der Waals surface area contributed by atoms with Gasteiger partial charge in [-0.25, -0.2) is 8.42 Å². The zero-order valence-electron chi connectivity index (χ0n) is 22.7. The zero-order valence-corrected chi connectivity index (χ0v) is 23.5. The number of nitrogens with one attached hydrogen (secondary N) is 1. The van der Waals surface area contributed by atoms with Gasteiger partial charge < -0.3 is 10.2 Å². The van der Waals surface area contributed by atoms with Crippen molar-refractivity contribution in [3.63, 3.8) is 0 Å². The molecule has 3 saturated heterocycles. The topological polar surface area (TPSA) is 86.8 Å². The van der Waals surface area contributed by atoms with E-state index in [4.69, 9.17) is 0 Å². The van der Waals surface area contributed by atoms with E-state index in [-0.39, 0.29) is 29.2 Å². The monoisotopic (exact) mass is 549 g/mol. The maximum Gasteiger partial charge on any atom is 0.223 e. The summed E-state index contributed by atoms with van der Waals surface area (Å²) in [5, 5.41) is 3.59. The highest BCUT2D eigenvalue weighted by Gasteiger charge is 2.50. The molecule has 3 atom stereocenters. The third-order valence-electron chi connectivity index (χ3n) is 9.55. The number of Topliss-reactive ketones (excluding diaryl/α,β-unsaturated/α-hetero) is 1. The van der Waals surface area contributed by atoms with Crippen molar-refractivity contribution in [1.82, 2.24) is 15.1 Å². The fourth-order valence-corrected chi connectivity index (χ4v) is 7.80. The lowest BCUT2D eigenvalue weighted by Gasteiger charge is -2.44. The number of rotatable bonds is 8. The molecule has 0 aromatic heterocycles. The maximum absolute atomic E-state index is 13.7. The van der Waals surface area contributed by atoms with Crippen LogP contribution in [0.5, 0.6) is 0 Å². The third kappa shape index (κ3) is 5.56. The molecule has 3 heterocycles. The van der Waals surface area contributed by atoms with Crippen molar-refractivity contribution in [3.05, 3.63) is 65.7 Å². The summed E-state index contributed by atoms with van der Waals surface area (Å²) in [6.07, 6.45) is 5.66. The van der Waals surface area contributed by atoms with Crippen LogP contribution in [0.4, 0.5) is 0 Å². The third-order valence-corrected chi connectivity index (χ3v) is 10.7. The number of ketones is 1. The summed E-state index contributed by atoms with van der Waals surface area (Å²) in [7, 11) is -3.24. The van der Waals surface area contributed by atoms with Crippen molar-refractivity contribution < 1.29 is 18.0 Å². The van der Waals surface area contributed by atoms with E-state index >= 15 is 0 Å². The number of amides is 1. The Morgan fingerprint density at radius 1 is 1.03 bits per heavy atom. The molecule has 1 N–H and O–H groups in total. The molecule has 2 aromatic rings. The van der Waals surface area contributed by atoms with Crippen LogP contribution >= 0.6 is 0 Å². The van der Waals surface area contributed by atoms with E-state index in [1.54, 1.807) is 12.1 Å².